The number of halogens is 3. The highest BCUT2D eigenvalue weighted by molar-refractivity contribution is 6.25. The van der Waals surface area contributed by atoms with Crippen molar-refractivity contribution in [3.05, 3.63) is 108 Å². The third kappa shape index (κ3) is 3.27. The molecular formula is C37H27F3. The molecule has 0 amide bonds. The predicted octanol–water partition coefficient (Wildman–Crippen LogP) is 11.4. The minimum atomic E-state index is -4.52. The van der Waals surface area contributed by atoms with Crippen LogP contribution in [0.1, 0.15) is 48.8 Å². The first-order chi connectivity index (χ1) is 19.4. The second-order valence-corrected chi connectivity index (χ2v) is 11.4. The third-order valence-electron chi connectivity index (χ3n) is 9.29. The van der Waals surface area contributed by atoms with Gasteiger partial charge in [0.15, 0.2) is 0 Å². The molecule has 0 N–H and O–H groups in total. The van der Waals surface area contributed by atoms with Gasteiger partial charge < -0.3 is 0 Å². The van der Waals surface area contributed by atoms with E-state index in [1.54, 1.807) is 12.1 Å². The molecule has 0 fully saturated rings. The molecule has 1 aliphatic rings. The first kappa shape index (κ1) is 23.7. The summed E-state index contributed by atoms with van der Waals surface area (Å²) in [5.41, 5.74) is 3.06. The number of hydrogen-bond donors (Lipinski definition) is 0. The summed E-state index contributed by atoms with van der Waals surface area (Å²) in [6.07, 6.45) is -0.179. The van der Waals surface area contributed by atoms with Crippen LogP contribution in [0.3, 0.4) is 0 Å². The molecule has 196 valence electrons. The Labute approximate surface area is 230 Å². The first-order valence-electron chi connectivity index (χ1n) is 14.2. The summed E-state index contributed by atoms with van der Waals surface area (Å²) in [6.45, 7) is 2.22. The van der Waals surface area contributed by atoms with Gasteiger partial charge in [-0.05, 0) is 120 Å². The van der Waals surface area contributed by atoms with Crippen LogP contribution in [-0.2, 0) is 12.6 Å². The minimum Gasteiger partial charge on any atom is -0.166 e. The monoisotopic (exact) mass is 528 g/mol. The smallest absolute Gasteiger partial charge is 0.166 e. The standard InChI is InChI=1S/C37H27F3/c1-2-21-7-5-8-22-15-17-28-26-11-3-4-12-27(26)30(20-31(28)33(21)22)32-19-25-14-13-23-9-6-10-24-16-18-29(35(25)34(23)24)36(32)37(38,39)40/h3-4,6,9-21H,2,5,7-8H2,1H3. The van der Waals surface area contributed by atoms with Crippen LogP contribution in [0, 0.1) is 0 Å². The Morgan fingerprint density at radius 2 is 1.35 bits per heavy atom. The van der Waals surface area contributed by atoms with Gasteiger partial charge >= 0.3 is 6.18 Å². The lowest BCUT2D eigenvalue weighted by Gasteiger charge is -2.27. The van der Waals surface area contributed by atoms with Gasteiger partial charge in [0.25, 0.3) is 0 Å². The molecule has 0 bridgehead atoms. The first-order valence-corrected chi connectivity index (χ1v) is 14.2. The predicted molar refractivity (Wildman–Crippen MR) is 162 cm³/mol. The third-order valence-corrected chi connectivity index (χ3v) is 9.29. The normalized spacial score (nSPS) is 16.1. The molecule has 1 aliphatic carbocycles. The van der Waals surface area contributed by atoms with Gasteiger partial charge in [-0.1, -0.05) is 85.8 Å². The molecule has 3 heteroatoms. The number of benzene rings is 7. The van der Waals surface area contributed by atoms with Crippen molar-refractivity contribution >= 4 is 53.9 Å². The van der Waals surface area contributed by atoms with Crippen LogP contribution in [0.15, 0.2) is 91.0 Å². The largest absolute Gasteiger partial charge is 0.417 e. The quantitative estimate of drug-likeness (QED) is 0.196. The molecule has 1 atom stereocenters. The zero-order chi connectivity index (χ0) is 27.2. The van der Waals surface area contributed by atoms with Crippen molar-refractivity contribution in [3.8, 4) is 11.1 Å². The fourth-order valence-corrected chi connectivity index (χ4v) is 7.59. The Bertz CT molecular complexity index is 2100. The van der Waals surface area contributed by atoms with Crippen molar-refractivity contribution in [2.24, 2.45) is 0 Å². The lowest BCUT2D eigenvalue weighted by Crippen LogP contribution is -2.11. The van der Waals surface area contributed by atoms with Crippen LogP contribution in [-0.4, -0.2) is 0 Å². The zero-order valence-electron chi connectivity index (χ0n) is 22.2. The number of aryl methyl sites for hydroxylation is 1. The summed E-state index contributed by atoms with van der Waals surface area (Å²) >= 11 is 0. The van der Waals surface area contributed by atoms with Crippen molar-refractivity contribution in [3.63, 3.8) is 0 Å². The summed E-state index contributed by atoms with van der Waals surface area (Å²) in [6, 6.07) is 29.7. The van der Waals surface area contributed by atoms with E-state index < -0.39 is 11.7 Å². The van der Waals surface area contributed by atoms with E-state index in [0.717, 1.165) is 68.8 Å². The summed E-state index contributed by atoms with van der Waals surface area (Å²) in [4.78, 5) is 0. The van der Waals surface area contributed by atoms with Gasteiger partial charge in [0.05, 0.1) is 5.56 Å². The van der Waals surface area contributed by atoms with Gasteiger partial charge in [-0.3, -0.25) is 0 Å². The molecule has 0 saturated carbocycles. The highest BCUT2D eigenvalue weighted by atomic mass is 19.4. The van der Waals surface area contributed by atoms with Gasteiger partial charge in [-0.2, -0.15) is 13.2 Å². The van der Waals surface area contributed by atoms with Crippen LogP contribution in [0.5, 0.6) is 0 Å². The molecule has 0 radical (unpaired) electrons. The molecule has 7 aromatic carbocycles. The minimum absolute atomic E-state index is 0.262. The molecule has 0 aliphatic heterocycles. The van der Waals surface area contributed by atoms with Crippen LogP contribution in [0.4, 0.5) is 13.2 Å². The second kappa shape index (κ2) is 8.44. The molecule has 0 aromatic heterocycles. The highest BCUT2D eigenvalue weighted by Crippen LogP contribution is 2.49. The second-order valence-electron chi connectivity index (χ2n) is 11.4. The molecule has 0 nitrogen and oxygen atoms in total. The number of rotatable bonds is 2. The van der Waals surface area contributed by atoms with Gasteiger partial charge in [0.2, 0.25) is 0 Å². The maximum atomic E-state index is 15.2. The van der Waals surface area contributed by atoms with Crippen molar-refractivity contribution in [2.75, 3.05) is 0 Å². The maximum absolute atomic E-state index is 15.2. The average Bonchev–Trinajstić information content (AvgIpc) is 2.97. The van der Waals surface area contributed by atoms with Crippen molar-refractivity contribution in [2.45, 2.75) is 44.7 Å². The maximum Gasteiger partial charge on any atom is 0.417 e. The van der Waals surface area contributed by atoms with Gasteiger partial charge in [0, 0.05) is 0 Å². The van der Waals surface area contributed by atoms with Gasteiger partial charge in [0.1, 0.15) is 0 Å². The van der Waals surface area contributed by atoms with E-state index in [-0.39, 0.29) is 10.9 Å². The molecule has 40 heavy (non-hydrogen) atoms. The molecular weight excluding hydrogens is 501 g/mol. The van der Waals surface area contributed by atoms with Crippen molar-refractivity contribution in [1.82, 2.24) is 0 Å². The van der Waals surface area contributed by atoms with E-state index in [2.05, 4.69) is 31.2 Å². The summed E-state index contributed by atoms with van der Waals surface area (Å²) < 4.78 is 45.6. The Kier molecular flexibility index (Phi) is 5.01. The molecule has 1 unspecified atom stereocenters. The summed E-state index contributed by atoms with van der Waals surface area (Å²) in [5, 5.41) is 8.74. The summed E-state index contributed by atoms with van der Waals surface area (Å²) in [5.74, 6) is 0.425. The van der Waals surface area contributed by atoms with Crippen LogP contribution < -0.4 is 0 Å². The summed E-state index contributed by atoms with van der Waals surface area (Å²) in [7, 11) is 0. The van der Waals surface area contributed by atoms with Crippen LogP contribution >= 0.6 is 0 Å². The van der Waals surface area contributed by atoms with E-state index in [9.17, 15) is 0 Å². The zero-order valence-corrected chi connectivity index (χ0v) is 22.2. The Hall–Kier alpha value is -4.11. The van der Waals surface area contributed by atoms with E-state index in [4.69, 9.17) is 0 Å². The van der Waals surface area contributed by atoms with Crippen molar-refractivity contribution in [1.29, 1.82) is 0 Å². The molecule has 0 saturated heterocycles. The van der Waals surface area contributed by atoms with E-state index in [0.29, 0.717) is 16.9 Å². The Morgan fingerprint density at radius 1 is 0.650 bits per heavy atom. The number of fused-ring (bicyclic) bond motifs is 5. The van der Waals surface area contributed by atoms with Crippen LogP contribution in [0.25, 0.3) is 65.0 Å². The molecule has 0 spiro atoms. The van der Waals surface area contributed by atoms with E-state index in [1.807, 2.05) is 54.6 Å². The highest BCUT2D eigenvalue weighted by Gasteiger charge is 2.37. The fourth-order valence-electron chi connectivity index (χ4n) is 7.59. The number of hydrogen-bond acceptors (Lipinski definition) is 0. The van der Waals surface area contributed by atoms with Crippen LogP contribution in [0.2, 0.25) is 0 Å². The van der Waals surface area contributed by atoms with Gasteiger partial charge in [-0.15, -0.1) is 0 Å². The molecule has 8 rings (SSSR count). The lowest BCUT2D eigenvalue weighted by atomic mass is 9.77. The SMILES string of the molecule is CCC1CCCc2ccc3c(cc(-c4cc5ccc6cccc7ccc(c4C(F)(F)F)c5c67)c4ccccc43)c21. The molecule has 7 aromatic rings. The van der Waals surface area contributed by atoms with Crippen molar-refractivity contribution < 1.29 is 13.2 Å². The van der Waals surface area contributed by atoms with E-state index >= 15 is 13.2 Å². The van der Waals surface area contributed by atoms with E-state index in [1.165, 1.54) is 11.1 Å². The Morgan fingerprint density at radius 3 is 2.12 bits per heavy atom. The average molecular weight is 529 g/mol. The number of alkyl halides is 3. The topological polar surface area (TPSA) is 0 Å². The lowest BCUT2D eigenvalue weighted by molar-refractivity contribution is -0.135. The Balaban J connectivity index is 1.56. The fraction of sp³-hybridized carbons (Fsp3) is 0.189. The molecule has 0 heterocycles. The van der Waals surface area contributed by atoms with Gasteiger partial charge in [-0.25, -0.2) is 0 Å².